The van der Waals surface area contributed by atoms with E-state index in [4.69, 9.17) is 5.11 Å². The fourth-order valence-corrected chi connectivity index (χ4v) is 0.593. The van der Waals surface area contributed by atoms with Gasteiger partial charge in [-0.1, -0.05) is 0 Å². The van der Waals surface area contributed by atoms with Gasteiger partial charge in [-0.3, -0.25) is 0 Å². The molecule has 1 nitrogen and oxygen atoms in total. The molecule has 0 fully saturated rings. The van der Waals surface area contributed by atoms with Crippen LogP contribution in [-0.2, 0) is 19.5 Å². The number of hydrogen-bond donors (Lipinski definition) is 1. The van der Waals surface area contributed by atoms with Crippen molar-refractivity contribution in [2.75, 3.05) is 0 Å². The standard InChI is InChI=1S/C6HF5O.CH3.Zn/c7-1-2(8)4(10)6(12)5(11)3(1)9;;/h12H;1H3;/q;-1;. The maximum Gasteiger partial charge on any atom is 0.206 e. The monoisotopic (exact) mass is 263 g/mol. The van der Waals surface area contributed by atoms with Gasteiger partial charge < -0.3 is 12.5 Å². The summed E-state index contributed by atoms with van der Waals surface area (Å²) in [5, 5.41) is 8.30. The molecule has 1 aromatic carbocycles. The number of benzene rings is 1. The van der Waals surface area contributed by atoms with Gasteiger partial charge >= 0.3 is 0 Å². The largest absolute Gasteiger partial charge is 0.503 e. The third-order valence-electron chi connectivity index (χ3n) is 1.19. The number of hydrogen-bond acceptors (Lipinski definition) is 1. The van der Waals surface area contributed by atoms with Crippen LogP contribution in [-0.4, -0.2) is 5.11 Å². The first-order valence-corrected chi connectivity index (χ1v) is 2.67. The number of rotatable bonds is 0. The minimum absolute atomic E-state index is 0. The molecule has 14 heavy (non-hydrogen) atoms. The molecule has 76 valence electrons. The summed E-state index contributed by atoms with van der Waals surface area (Å²) in [6, 6.07) is 0. The Morgan fingerprint density at radius 2 is 0.857 bits per heavy atom. The fourth-order valence-electron chi connectivity index (χ4n) is 0.593. The number of phenols is 1. The molecule has 7 heteroatoms. The summed E-state index contributed by atoms with van der Waals surface area (Å²) < 4.78 is 60.6. The van der Waals surface area contributed by atoms with Gasteiger partial charge in [0.05, 0.1) is 0 Å². The molecule has 0 atom stereocenters. The Bertz CT molecular complexity index is 236. The van der Waals surface area contributed by atoms with E-state index in [0.29, 0.717) is 0 Å². The Hall–Kier alpha value is -0.707. The van der Waals surface area contributed by atoms with E-state index in [-0.39, 0.29) is 26.9 Å². The van der Waals surface area contributed by atoms with Crippen molar-refractivity contribution in [3.05, 3.63) is 36.5 Å². The second-order valence-corrected chi connectivity index (χ2v) is 1.92. The Kier molecular flexibility index (Phi) is 5.90. The third kappa shape index (κ3) is 2.21. The molecule has 0 aliphatic heterocycles. The maximum absolute atomic E-state index is 12.2. The summed E-state index contributed by atoms with van der Waals surface area (Å²) in [4.78, 5) is 0. The second-order valence-electron chi connectivity index (χ2n) is 1.92. The van der Waals surface area contributed by atoms with E-state index in [1.54, 1.807) is 0 Å². The minimum Gasteiger partial charge on any atom is -0.503 e. The predicted octanol–water partition coefficient (Wildman–Crippen LogP) is 2.54. The van der Waals surface area contributed by atoms with Crippen molar-refractivity contribution in [3.63, 3.8) is 0 Å². The molecular weight excluding hydrogens is 260 g/mol. The van der Waals surface area contributed by atoms with E-state index in [1.807, 2.05) is 0 Å². The van der Waals surface area contributed by atoms with Gasteiger partial charge in [-0.25, -0.2) is 13.2 Å². The van der Waals surface area contributed by atoms with Crippen LogP contribution in [0.25, 0.3) is 0 Å². The molecular formula is C7H4F5OZn-. The van der Waals surface area contributed by atoms with Gasteiger partial charge in [0.25, 0.3) is 0 Å². The molecule has 0 aromatic heterocycles. The Morgan fingerprint density at radius 1 is 0.643 bits per heavy atom. The molecule has 0 aliphatic rings. The fraction of sp³-hybridized carbons (Fsp3) is 0. The first-order valence-electron chi connectivity index (χ1n) is 2.67. The Morgan fingerprint density at radius 3 is 1.14 bits per heavy atom. The summed E-state index contributed by atoms with van der Waals surface area (Å²) in [6.07, 6.45) is 0. The van der Waals surface area contributed by atoms with Crippen LogP contribution in [0.4, 0.5) is 22.0 Å². The summed E-state index contributed by atoms with van der Waals surface area (Å²) in [5.41, 5.74) is 0. The molecule has 0 spiro atoms. The first kappa shape index (κ1) is 15.8. The maximum atomic E-state index is 12.2. The van der Waals surface area contributed by atoms with Crippen molar-refractivity contribution >= 4 is 0 Å². The van der Waals surface area contributed by atoms with Gasteiger partial charge in [0.15, 0.2) is 5.75 Å². The molecule has 0 aliphatic carbocycles. The summed E-state index contributed by atoms with van der Waals surface area (Å²) in [5.74, 6) is -12.9. The van der Waals surface area contributed by atoms with Gasteiger partial charge in [0, 0.05) is 19.5 Å². The molecule has 0 amide bonds. The predicted molar refractivity (Wildman–Crippen MR) is 34.3 cm³/mol. The van der Waals surface area contributed by atoms with E-state index >= 15 is 0 Å². The van der Waals surface area contributed by atoms with Crippen LogP contribution in [0.5, 0.6) is 5.75 Å². The van der Waals surface area contributed by atoms with Crippen LogP contribution in [0.3, 0.4) is 0 Å². The molecule has 0 saturated heterocycles. The zero-order chi connectivity index (χ0) is 9.46. The van der Waals surface area contributed by atoms with Crippen LogP contribution >= 0.6 is 0 Å². The Labute approximate surface area is 89.3 Å². The molecule has 0 radical (unpaired) electrons. The number of aromatic hydroxyl groups is 1. The summed E-state index contributed by atoms with van der Waals surface area (Å²) in [6.45, 7) is 0. The van der Waals surface area contributed by atoms with Crippen molar-refractivity contribution in [1.29, 1.82) is 0 Å². The number of phenolic OH excluding ortho intramolecular Hbond substituents is 1. The smallest absolute Gasteiger partial charge is 0.206 e. The van der Waals surface area contributed by atoms with Gasteiger partial charge in [-0.15, -0.1) is 0 Å². The summed E-state index contributed by atoms with van der Waals surface area (Å²) >= 11 is 0. The molecule has 1 rings (SSSR count). The van der Waals surface area contributed by atoms with Crippen LogP contribution in [0.1, 0.15) is 0 Å². The van der Waals surface area contributed by atoms with Gasteiger partial charge in [0.1, 0.15) is 0 Å². The van der Waals surface area contributed by atoms with Crippen LogP contribution in [0.2, 0.25) is 0 Å². The van der Waals surface area contributed by atoms with Gasteiger partial charge in [0.2, 0.25) is 29.1 Å². The van der Waals surface area contributed by atoms with Gasteiger partial charge in [-0.2, -0.15) is 8.78 Å². The molecule has 0 saturated carbocycles. The van der Waals surface area contributed by atoms with Crippen molar-refractivity contribution in [1.82, 2.24) is 0 Å². The van der Waals surface area contributed by atoms with Crippen molar-refractivity contribution in [3.8, 4) is 5.75 Å². The van der Waals surface area contributed by atoms with E-state index in [1.165, 1.54) is 0 Å². The van der Waals surface area contributed by atoms with Crippen LogP contribution in [0.15, 0.2) is 0 Å². The molecule has 0 heterocycles. The molecule has 0 unspecified atom stereocenters. The Balaban J connectivity index is 0. The van der Waals surface area contributed by atoms with Crippen molar-refractivity contribution < 1.29 is 46.5 Å². The van der Waals surface area contributed by atoms with E-state index < -0.39 is 34.8 Å². The molecule has 1 aromatic rings. The zero-order valence-electron chi connectivity index (χ0n) is 7.04. The third-order valence-corrected chi connectivity index (χ3v) is 1.19. The topological polar surface area (TPSA) is 20.2 Å². The van der Waals surface area contributed by atoms with Crippen molar-refractivity contribution in [2.24, 2.45) is 0 Å². The van der Waals surface area contributed by atoms with Crippen LogP contribution in [0, 0.1) is 36.5 Å². The van der Waals surface area contributed by atoms with Crippen LogP contribution < -0.4 is 0 Å². The summed E-state index contributed by atoms with van der Waals surface area (Å²) in [7, 11) is 0. The molecule has 1 N–H and O–H groups in total. The first-order chi connectivity index (χ1) is 5.46. The SMILES string of the molecule is Oc1c(F)c(F)c(F)c(F)c1F.[CH3-].[Zn]. The molecule has 0 bridgehead atoms. The number of halogens is 5. The quantitative estimate of drug-likeness (QED) is 0.251. The van der Waals surface area contributed by atoms with E-state index in [2.05, 4.69) is 0 Å². The normalized spacial score (nSPS) is 8.93. The average Bonchev–Trinajstić information content (AvgIpc) is 2.08. The minimum atomic E-state index is -2.29. The van der Waals surface area contributed by atoms with E-state index in [0.717, 1.165) is 0 Å². The van der Waals surface area contributed by atoms with Gasteiger partial charge in [-0.05, 0) is 0 Å². The van der Waals surface area contributed by atoms with E-state index in [9.17, 15) is 22.0 Å². The second kappa shape index (κ2) is 5.24. The zero-order valence-corrected chi connectivity index (χ0v) is 10.0. The average molecular weight is 264 g/mol. The van der Waals surface area contributed by atoms with Crippen molar-refractivity contribution in [2.45, 2.75) is 0 Å².